The van der Waals surface area contributed by atoms with E-state index >= 15 is 0 Å². The highest BCUT2D eigenvalue weighted by Gasteiger charge is 2.31. The number of rotatable bonds is 7. The van der Waals surface area contributed by atoms with Gasteiger partial charge in [0.25, 0.3) is 5.91 Å². The number of hydrogen-bond donors (Lipinski definition) is 0. The molecule has 3 aromatic rings. The quantitative estimate of drug-likeness (QED) is 0.355. The van der Waals surface area contributed by atoms with Crippen molar-refractivity contribution in [3.8, 4) is 0 Å². The largest absolute Gasteiger partial charge is 0.332 e. The van der Waals surface area contributed by atoms with Gasteiger partial charge in [-0.3, -0.25) is 9.59 Å². The first-order valence-corrected chi connectivity index (χ1v) is 12.3. The highest BCUT2D eigenvalue weighted by atomic mass is 35.5. The standard InChI is InChI=1S/C26H28Cl2N2O2S/c1-18-10-12-21(33-18)16-29(15-19-8-6-5-7-9-19)24(31)17-30(26(2,3)4)25(32)20-11-13-22(27)23(28)14-20/h5-14H,15-17H2,1-4H3. The highest BCUT2D eigenvalue weighted by Crippen LogP contribution is 2.26. The van der Waals surface area contributed by atoms with Gasteiger partial charge in [-0.2, -0.15) is 0 Å². The number of amides is 2. The van der Waals surface area contributed by atoms with Crippen LogP contribution >= 0.6 is 34.5 Å². The molecule has 2 aromatic carbocycles. The van der Waals surface area contributed by atoms with E-state index in [1.54, 1.807) is 34.4 Å². The lowest BCUT2D eigenvalue weighted by Gasteiger charge is -2.37. The first-order valence-electron chi connectivity index (χ1n) is 10.7. The maximum Gasteiger partial charge on any atom is 0.254 e. The first-order chi connectivity index (χ1) is 15.5. The molecule has 0 saturated carbocycles. The molecule has 33 heavy (non-hydrogen) atoms. The monoisotopic (exact) mass is 502 g/mol. The summed E-state index contributed by atoms with van der Waals surface area (Å²) >= 11 is 13.8. The van der Waals surface area contributed by atoms with E-state index in [9.17, 15) is 9.59 Å². The minimum absolute atomic E-state index is 0.0419. The van der Waals surface area contributed by atoms with Crippen molar-refractivity contribution in [3.05, 3.63) is 91.6 Å². The fourth-order valence-corrected chi connectivity index (χ4v) is 4.63. The number of aryl methyl sites for hydroxylation is 1. The van der Waals surface area contributed by atoms with E-state index < -0.39 is 5.54 Å². The molecule has 1 heterocycles. The van der Waals surface area contributed by atoms with E-state index in [0.717, 1.165) is 10.4 Å². The van der Waals surface area contributed by atoms with E-state index in [4.69, 9.17) is 23.2 Å². The maximum absolute atomic E-state index is 13.6. The smallest absolute Gasteiger partial charge is 0.254 e. The van der Waals surface area contributed by atoms with Gasteiger partial charge in [0.1, 0.15) is 6.54 Å². The molecule has 0 radical (unpaired) electrons. The Balaban J connectivity index is 1.86. The molecule has 0 aliphatic carbocycles. The summed E-state index contributed by atoms with van der Waals surface area (Å²) in [7, 11) is 0. The lowest BCUT2D eigenvalue weighted by atomic mass is 10.0. The minimum atomic E-state index is -0.573. The lowest BCUT2D eigenvalue weighted by Crippen LogP contribution is -2.51. The van der Waals surface area contributed by atoms with Crippen molar-refractivity contribution in [1.82, 2.24) is 9.80 Å². The summed E-state index contributed by atoms with van der Waals surface area (Å²) < 4.78 is 0. The van der Waals surface area contributed by atoms with Crippen LogP contribution in [0.1, 0.15) is 46.4 Å². The Morgan fingerprint density at radius 3 is 2.18 bits per heavy atom. The molecule has 4 nitrogen and oxygen atoms in total. The predicted octanol–water partition coefficient (Wildman–Crippen LogP) is 6.83. The Morgan fingerprint density at radius 1 is 0.909 bits per heavy atom. The molecule has 0 N–H and O–H groups in total. The third-order valence-electron chi connectivity index (χ3n) is 5.23. The number of carbonyl (C=O) groups is 2. The summed E-state index contributed by atoms with van der Waals surface area (Å²) in [6.07, 6.45) is 0. The van der Waals surface area contributed by atoms with Gasteiger partial charge in [-0.15, -0.1) is 11.3 Å². The minimum Gasteiger partial charge on any atom is -0.332 e. The normalized spacial score (nSPS) is 11.3. The maximum atomic E-state index is 13.6. The van der Waals surface area contributed by atoms with Gasteiger partial charge in [0.05, 0.1) is 16.6 Å². The van der Waals surface area contributed by atoms with E-state index in [1.807, 2.05) is 62.1 Å². The van der Waals surface area contributed by atoms with Crippen LogP contribution in [0.25, 0.3) is 0 Å². The van der Waals surface area contributed by atoms with Crippen LogP contribution in [0.15, 0.2) is 60.7 Å². The van der Waals surface area contributed by atoms with Crippen LogP contribution in [0.5, 0.6) is 0 Å². The Bertz CT molecular complexity index is 1120. The van der Waals surface area contributed by atoms with Gasteiger partial charge in [0, 0.05) is 27.4 Å². The molecule has 0 bridgehead atoms. The van der Waals surface area contributed by atoms with E-state index in [2.05, 4.69) is 13.0 Å². The average Bonchev–Trinajstić information content (AvgIpc) is 3.17. The molecule has 0 aliphatic heterocycles. The van der Waals surface area contributed by atoms with Crippen molar-refractivity contribution in [1.29, 1.82) is 0 Å². The SMILES string of the molecule is Cc1ccc(CN(Cc2ccccc2)C(=O)CN(C(=O)c2ccc(Cl)c(Cl)c2)C(C)(C)C)s1. The van der Waals surface area contributed by atoms with Crippen LogP contribution in [0.3, 0.4) is 0 Å². The molecule has 2 amide bonds. The zero-order chi connectivity index (χ0) is 24.2. The van der Waals surface area contributed by atoms with E-state index in [1.165, 1.54) is 4.88 Å². The third-order valence-corrected chi connectivity index (χ3v) is 6.95. The van der Waals surface area contributed by atoms with Gasteiger partial charge < -0.3 is 9.80 Å². The predicted molar refractivity (Wildman–Crippen MR) is 137 cm³/mol. The van der Waals surface area contributed by atoms with Crippen molar-refractivity contribution >= 4 is 46.4 Å². The van der Waals surface area contributed by atoms with Crippen LogP contribution in [-0.2, 0) is 17.9 Å². The molecule has 0 unspecified atom stereocenters. The number of thiophene rings is 1. The Kier molecular flexibility index (Phi) is 8.22. The van der Waals surface area contributed by atoms with Gasteiger partial charge in [-0.25, -0.2) is 0 Å². The molecular weight excluding hydrogens is 475 g/mol. The number of halogens is 2. The van der Waals surface area contributed by atoms with Crippen molar-refractivity contribution in [2.45, 2.75) is 46.3 Å². The summed E-state index contributed by atoms with van der Waals surface area (Å²) in [6, 6.07) is 18.8. The molecule has 1 aromatic heterocycles. The zero-order valence-electron chi connectivity index (χ0n) is 19.3. The van der Waals surface area contributed by atoms with Gasteiger partial charge >= 0.3 is 0 Å². The zero-order valence-corrected chi connectivity index (χ0v) is 21.6. The molecule has 0 aliphatic rings. The van der Waals surface area contributed by atoms with Gasteiger partial charge in [0.2, 0.25) is 5.91 Å². The average molecular weight is 503 g/mol. The fraction of sp³-hybridized carbons (Fsp3) is 0.308. The summed E-state index contributed by atoms with van der Waals surface area (Å²) in [5, 5.41) is 0.688. The number of benzene rings is 2. The molecule has 7 heteroatoms. The van der Waals surface area contributed by atoms with Crippen LogP contribution in [-0.4, -0.2) is 33.7 Å². The molecular formula is C26H28Cl2N2O2S. The number of hydrogen-bond acceptors (Lipinski definition) is 3. The number of nitrogens with zero attached hydrogens (tertiary/aromatic N) is 2. The molecule has 3 rings (SSSR count). The molecule has 0 atom stereocenters. The van der Waals surface area contributed by atoms with E-state index in [-0.39, 0.29) is 18.4 Å². The summed E-state index contributed by atoms with van der Waals surface area (Å²) in [6.45, 7) is 8.72. The fourth-order valence-electron chi connectivity index (χ4n) is 3.43. The van der Waals surface area contributed by atoms with Crippen molar-refractivity contribution in [3.63, 3.8) is 0 Å². The summed E-state index contributed by atoms with van der Waals surface area (Å²) in [5.41, 5.74) is 0.865. The molecule has 174 valence electrons. The highest BCUT2D eigenvalue weighted by molar-refractivity contribution is 7.11. The Morgan fingerprint density at radius 2 is 1.61 bits per heavy atom. The first kappa shape index (κ1) is 25.3. The number of carbonyl (C=O) groups excluding carboxylic acids is 2. The third kappa shape index (κ3) is 6.83. The van der Waals surface area contributed by atoms with Crippen molar-refractivity contribution in [2.24, 2.45) is 0 Å². The Hall–Kier alpha value is -2.34. The van der Waals surface area contributed by atoms with E-state index in [0.29, 0.717) is 28.7 Å². The topological polar surface area (TPSA) is 40.6 Å². The lowest BCUT2D eigenvalue weighted by molar-refractivity contribution is -0.134. The second-order valence-corrected chi connectivity index (χ2v) is 11.1. The molecule has 0 saturated heterocycles. The summed E-state index contributed by atoms with van der Waals surface area (Å²) in [5.74, 6) is -0.380. The van der Waals surface area contributed by atoms with Crippen LogP contribution < -0.4 is 0 Å². The van der Waals surface area contributed by atoms with Crippen LogP contribution in [0.2, 0.25) is 10.0 Å². The van der Waals surface area contributed by atoms with Gasteiger partial charge in [-0.1, -0.05) is 53.5 Å². The summed E-state index contributed by atoms with van der Waals surface area (Å²) in [4.78, 5) is 32.7. The molecule has 0 fully saturated rings. The molecule has 0 spiro atoms. The van der Waals surface area contributed by atoms with Crippen molar-refractivity contribution in [2.75, 3.05) is 6.54 Å². The van der Waals surface area contributed by atoms with Crippen molar-refractivity contribution < 1.29 is 9.59 Å². The second-order valence-electron chi connectivity index (χ2n) is 8.94. The van der Waals surface area contributed by atoms with Gasteiger partial charge in [0.15, 0.2) is 0 Å². The van der Waals surface area contributed by atoms with Gasteiger partial charge in [-0.05, 0) is 63.6 Å². The van der Waals surface area contributed by atoms with Crippen LogP contribution in [0, 0.1) is 6.92 Å². The second kappa shape index (κ2) is 10.7. The Labute approximate surface area is 209 Å². The van der Waals surface area contributed by atoms with Crippen LogP contribution in [0.4, 0.5) is 0 Å².